The summed E-state index contributed by atoms with van der Waals surface area (Å²) in [5, 5.41) is 27.4. The van der Waals surface area contributed by atoms with Gasteiger partial charge in [0.2, 0.25) is 11.8 Å². The molecule has 4 rings (SSSR count). The highest BCUT2D eigenvalue weighted by molar-refractivity contribution is 5.96. The molecule has 1 aliphatic heterocycles. The number of aliphatic hydroxyl groups is 1. The summed E-state index contributed by atoms with van der Waals surface area (Å²) >= 11 is 0. The van der Waals surface area contributed by atoms with Crippen LogP contribution >= 0.6 is 0 Å². The second-order valence-corrected chi connectivity index (χ2v) is 11.8. The van der Waals surface area contributed by atoms with Crippen LogP contribution < -0.4 is 21.3 Å². The molecule has 6 N–H and O–H groups in total. The molecule has 0 spiro atoms. The van der Waals surface area contributed by atoms with E-state index in [0.717, 1.165) is 22.0 Å². The van der Waals surface area contributed by atoms with Crippen molar-refractivity contribution in [3.63, 3.8) is 0 Å². The lowest BCUT2D eigenvalue weighted by Gasteiger charge is -2.31. The van der Waals surface area contributed by atoms with Gasteiger partial charge in [0.25, 0.3) is 0 Å². The zero-order valence-corrected chi connectivity index (χ0v) is 26.8. The monoisotopic (exact) mass is 645 g/mol. The van der Waals surface area contributed by atoms with Gasteiger partial charge in [-0.05, 0) is 29.9 Å². The first-order chi connectivity index (χ1) is 22.5. The fourth-order valence-corrected chi connectivity index (χ4v) is 5.53. The molecule has 12 nitrogen and oxygen atoms in total. The van der Waals surface area contributed by atoms with E-state index in [0.29, 0.717) is 12.1 Å². The Bertz CT molecular complexity index is 1590. The van der Waals surface area contributed by atoms with Gasteiger partial charge in [-0.3, -0.25) is 19.3 Å². The van der Waals surface area contributed by atoms with Crippen molar-refractivity contribution >= 4 is 40.3 Å². The summed E-state index contributed by atoms with van der Waals surface area (Å²) in [6, 6.07) is 19.7. The average molecular weight is 646 g/mol. The lowest BCUT2D eigenvalue weighted by atomic mass is 9.92. The Morgan fingerprint density at radius 3 is 2.32 bits per heavy atom. The Morgan fingerprint density at radius 1 is 0.957 bits per heavy atom. The van der Waals surface area contributed by atoms with Crippen LogP contribution in [0.2, 0.25) is 0 Å². The molecule has 0 aromatic heterocycles. The van der Waals surface area contributed by atoms with Gasteiger partial charge in [0, 0.05) is 23.7 Å². The third kappa shape index (κ3) is 9.08. The summed E-state index contributed by atoms with van der Waals surface area (Å²) in [4.78, 5) is 54.9. The van der Waals surface area contributed by atoms with Gasteiger partial charge in [-0.15, -0.1) is 0 Å². The third-order valence-corrected chi connectivity index (χ3v) is 8.27. The molecule has 3 amide bonds. The second-order valence-electron chi connectivity index (χ2n) is 11.8. The minimum Gasteiger partial charge on any atom is -0.481 e. The fraction of sp³-hybridized carbons (Fsp3) is 0.371. The largest absolute Gasteiger partial charge is 0.481 e. The maximum Gasteiger partial charge on any atom is 0.408 e. The van der Waals surface area contributed by atoms with Gasteiger partial charge in [-0.25, -0.2) is 4.79 Å². The number of fused-ring (bicyclic) bond motifs is 1. The second kappa shape index (κ2) is 16.1. The fourth-order valence-electron chi connectivity index (χ4n) is 5.53. The number of nitrogens with one attached hydrogen (secondary N) is 2. The van der Waals surface area contributed by atoms with Crippen LogP contribution in [0.4, 0.5) is 10.5 Å². The van der Waals surface area contributed by atoms with Crippen LogP contribution in [0.1, 0.15) is 45.6 Å². The molecule has 0 radical (unpaired) electrons. The topological polar surface area (TPSA) is 175 Å². The minimum absolute atomic E-state index is 0.0324. The zero-order chi connectivity index (χ0) is 34.1. The standard InChI is InChI=1S/C35H43N5O7/c1-4-22(2)32(30(41)18-31(42)43)38-33(44)28(37-35(46)47-20-24-11-6-5-7-12-24)17-26-19-39(34(45)23(3)36)21-40(26)29-16-10-14-25-13-8-9-15-27(25)29/h5-16,19,22-23,28,30,32,41H,4,17-18,20-21,36H2,1-3H3,(H,37,46)(H,38,44)(H,42,43)/t22?,23-,28+,30-,32-/m0/s1. The SMILES string of the molecule is CCC(C)[C@H](NC(=O)[C@@H](CC1=CN(C(=O)[C@H](C)N)CN1c1cccc2ccccc12)NC(=O)OCc1ccccc1)[C@@H](O)CC(=O)O. The van der Waals surface area contributed by atoms with Gasteiger partial charge in [-0.1, -0.05) is 87.0 Å². The Morgan fingerprint density at radius 2 is 1.64 bits per heavy atom. The number of hydrogen-bond acceptors (Lipinski definition) is 8. The molecule has 250 valence electrons. The van der Waals surface area contributed by atoms with E-state index in [9.17, 15) is 29.4 Å². The smallest absolute Gasteiger partial charge is 0.408 e. The van der Waals surface area contributed by atoms with Crippen LogP contribution in [0.25, 0.3) is 10.8 Å². The molecule has 0 saturated heterocycles. The molecule has 47 heavy (non-hydrogen) atoms. The predicted molar refractivity (Wildman–Crippen MR) is 178 cm³/mol. The molecular formula is C35H43N5O7. The van der Waals surface area contributed by atoms with Gasteiger partial charge >= 0.3 is 12.1 Å². The van der Waals surface area contributed by atoms with Crippen molar-refractivity contribution in [3.05, 3.63) is 90.3 Å². The van der Waals surface area contributed by atoms with E-state index in [1.165, 1.54) is 4.90 Å². The average Bonchev–Trinajstić information content (AvgIpc) is 3.48. The summed E-state index contributed by atoms with van der Waals surface area (Å²) in [7, 11) is 0. The van der Waals surface area contributed by atoms with E-state index in [2.05, 4.69) is 10.6 Å². The van der Waals surface area contributed by atoms with Crippen molar-refractivity contribution in [3.8, 4) is 0 Å². The number of carbonyl (C=O) groups is 4. The predicted octanol–water partition coefficient (Wildman–Crippen LogP) is 3.69. The van der Waals surface area contributed by atoms with Crippen molar-refractivity contribution in [2.45, 2.75) is 70.9 Å². The number of aliphatic carboxylic acids is 1. The van der Waals surface area contributed by atoms with Crippen molar-refractivity contribution in [2.24, 2.45) is 11.7 Å². The van der Waals surface area contributed by atoms with Crippen LogP contribution in [0.3, 0.4) is 0 Å². The Hall–Kier alpha value is -4.94. The third-order valence-electron chi connectivity index (χ3n) is 8.27. The van der Waals surface area contributed by atoms with Gasteiger partial charge in [0.1, 0.15) is 19.3 Å². The lowest BCUT2D eigenvalue weighted by Crippen LogP contribution is -2.55. The normalized spacial score (nSPS) is 16.1. The minimum atomic E-state index is -1.37. The highest BCUT2D eigenvalue weighted by Gasteiger charge is 2.35. The number of nitrogens with zero attached hydrogens (tertiary/aromatic N) is 2. The quantitative estimate of drug-likeness (QED) is 0.175. The molecule has 0 saturated carbocycles. The highest BCUT2D eigenvalue weighted by atomic mass is 16.5. The van der Waals surface area contributed by atoms with Crippen molar-refractivity contribution in [1.82, 2.24) is 15.5 Å². The van der Waals surface area contributed by atoms with E-state index in [1.54, 1.807) is 32.2 Å². The van der Waals surface area contributed by atoms with E-state index in [4.69, 9.17) is 10.5 Å². The summed E-state index contributed by atoms with van der Waals surface area (Å²) in [6.07, 6.45) is -0.682. The molecule has 1 unspecified atom stereocenters. The molecule has 0 bridgehead atoms. The van der Waals surface area contributed by atoms with E-state index >= 15 is 0 Å². The van der Waals surface area contributed by atoms with Crippen LogP contribution in [0, 0.1) is 5.92 Å². The molecular weight excluding hydrogens is 602 g/mol. The number of nitrogens with two attached hydrogens (primary N) is 1. The van der Waals surface area contributed by atoms with Crippen LogP contribution in [-0.2, 0) is 25.7 Å². The first-order valence-corrected chi connectivity index (χ1v) is 15.7. The molecule has 3 aromatic rings. The number of aliphatic hydroxyl groups excluding tert-OH is 1. The van der Waals surface area contributed by atoms with Crippen molar-refractivity contribution in [1.29, 1.82) is 0 Å². The Labute approximate surface area is 274 Å². The first-order valence-electron chi connectivity index (χ1n) is 15.7. The number of ether oxygens (including phenoxy) is 1. The summed E-state index contributed by atoms with van der Waals surface area (Å²) < 4.78 is 5.44. The number of rotatable bonds is 14. The molecule has 12 heteroatoms. The number of carbonyl (C=O) groups excluding carboxylic acids is 3. The number of carboxylic acid groups (broad SMARTS) is 1. The van der Waals surface area contributed by atoms with Crippen molar-refractivity contribution in [2.75, 3.05) is 11.6 Å². The van der Waals surface area contributed by atoms with E-state index < -0.39 is 48.6 Å². The Kier molecular flexibility index (Phi) is 11.9. The number of alkyl carbamates (subject to hydrolysis) is 1. The van der Waals surface area contributed by atoms with Gasteiger partial charge in [0.15, 0.2) is 0 Å². The highest BCUT2D eigenvalue weighted by Crippen LogP contribution is 2.34. The molecule has 0 fully saturated rings. The number of hydrogen-bond donors (Lipinski definition) is 5. The number of amides is 3. The van der Waals surface area contributed by atoms with Gasteiger partial charge in [-0.2, -0.15) is 0 Å². The summed E-state index contributed by atoms with van der Waals surface area (Å²) in [5.74, 6) is -2.46. The first kappa shape index (κ1) is 34.9. The van der Waals surface area contributed by atoms with E-state index in [1.807, 2.05) is 72.5 Å². The van der Waals surface area contributed by atoms with Crippen molar-refractivity contribution < 1.29 is 34.1 Å². The molecule has 3 aromatic carbocycles. The summed E-state index contributed by atoms with van der Waals surface area (Å²) in [6.45, 7) is 5.35. The Balaban J connectivity index is 1.67. The molecule has 5 atom stereocenters. The summed E-state index contributed by atoms with van der Waals surface area (Å²) in [5.41, 5.74) is 8.04. The van der Waals surface area contributed by atoms with Crippen LogP contribution in [0.15, 0.2) is 84.7 Å². The molecule has 1 heterocycles. The van der Waals surface area contributed by atoms with E-state index in [-0.39, 0.29) is 31.5 Å². The zero-order valence-electron chi connectivity index (χ0n) is 26.8. The molecule has 1 aliphatic rings. The van der Waals surface area contributed by atoms with Gasteiger partial charge < -0.3 is 36.2 Å². The van der Waals surface area contributed by atoms with Gasteiger partial charge in [0.05, 0.1) is 30.3 Å². The number of anilines is 1. The molecule has 0 aliphatic carbocycles. The number of benzene rings is 3. The van der Waals surface area contributed by atoms with Crippen LogP contribution in [-0.4, -0.2) is 69.9 Å². The number of carboxylic acids is 1. The van der Waals surface area contributed by atoms with Crippen LogP contribution in [0.5, 0.6) is 0 Å². The lowest BCUT2D eigenvalue weighted by molar-refractivity contribution is -0.140. The maximum absolute atomic E-state index is 14.0. The maximum atomic E-state index is 14.0.